The summed E-state index contributed by atoms with van der Waals surface area (Å²) in [5, 5.41) is 3.29. The molecule has 5 heteroatoms. The van der Waals surface area contributed by atoms with Crippen molar-refractivity contribution in [1.29, 1.82) is 0 Å². The number of esters is 1. The summed E-state index contributed by atoms with van der Waals surface area (Å²) in [6, 6.07) is 7.51. The molecule has 2 heterocycles. The minimum Gasteiger partial charge on any atom is -0.431 e. The van der Waals surface area contributed by atoms with Crippen LogP contribution in [0.15, 0.2) is 28.7 Å². The van der Waals surface area contributed by atoms with Gasteiger partial charge in [0.1, 0.15) is 6.04 Å². The van der Waals surface area contributed by atoms with Crippen molar-refractivity contribution >= 4 is 27.6 Å². The van der Waals surface area contributed by atoms with Crippen molar-refractivity contribution in [2.75, 3.05) is 11.9 Å². The third-order valence-electron chi connectivity index (χ3n) is 5.45. The molecule has 1 aromatic rings. The lowest BCUT2D eigenvalue weighted by molar-refractivity contribution is -0.192. The summed E-state index contributed by atoms with van der Waals surface area (Å²) in [6.07, 6.45) is 7.73. The van der Waals surface area contributed by atoms with E-state index in [1.165, 1.54) is 32.1 Å². The Balaban J connectivity index is 1.46. The van der Waals surface area contributed by atoms with E-state index in [0.29, 0.717) is 6.42 Å². The molecule has 23 heavy (non-hydrogen) atoms. The van der Waals surface area contributed by atoms with Crippen molar-refractivity contribution in [2.45, 2.75) is 56.8 Å². The molecule has 1 aliphatic carbocycles. The first-order valence-electron chi connectivity index (χ1n) is 8.47. The van der Waals surface area contributed by atoms with E-state index in [4.69, 9.17) is 9.47 Å². The maximum atomic E-state index is 12.3. The molecule has 0 unspecified atom stereocenters. The summed E-state index contributed by atoms with van der Waals surface area (Å²) in [5.74, 6) is -0.893. The number of anilines is 1. The van der Waals surface area contributed by atoms with E-state index in [1.807, 2.05) is 24.3 Å². The first kappa shape index (κ1) is 15.5. The van der Waals surface area contributed by atoms with Crippen LogP contribution in [0, 0.1) is 5.41 Å². The van der Waals surface area contributed by atoms with E-state index in [0.717, 1.165) is 23.2 Å². The van der Waals surface area contributed by atoms with Crippen molar-refractivity contribution in [3.05, 3.63) is 28.7 Å². The highest BCUT2D eigenvalue weighted by Crippen LogP contribution is 2.52. The van der Waals surface area contributed by atoms with Crippen LogP contribution >= 0.6 is 15.9 Å². The number of hydrogen-bond donors (Lipinski definition) is 1. The highest BCUT2D eigenvalue weighted by atomic mass is 79.9. The summed E-state index contributed by atoms with van der Waals surface area (Å²) in [7, 11) is 0. The number of carbonyl (C=O) groups excluding carboxylic acids is 1. The maximum absolute atomic E-state index is 12.3. The minimum atomic E-state index is -0.696. The third kappa shape index (κ3) is 3.01. The lowest BCUT2D eigenvalue weighted by atomic mass is 9.72. The Morgan fingerprint density at radius 3 is 2.83 bits per heavy atom. The van der Waals surface area contributed by atoms with Gasteiger partial charge in [0.15, 0.2) is 0 Å². The molecule has 3 fully saturated rings. The zero-order valence-electron chi connectivity index (χ0n) is 13.1. The fourth-order valence-corrected chi connectivity index (χ4v) is 4.76. The number of carbonyl (C=O) groups is 1. The van der Waals surface area contributed by atoms with Crippen LogP contribution in [0.3, 0.4) is 0 Å². The second-order valence-electron chi connectivity index (χ2n) is 7.27. The quantitative estimate of drug-likeness (QED) is 0.780. The van der Waals surface area contributed by atoms with Gasteiger partial charge >= 0.3 is 5.97 Å². The molecule has 2 saturated heterocycles. The molecule has 1 saturated carbocycles. The minimum absolute atomic E-state index is 0.196. The Bertz CT molecular complexity index is 614. The largest absolute Gasteiger partial charge is 0.431 e. The topological polar surface area (TPSA) is 47.6 Å². The normalized spacial score (nSPS) is 32.4. The molecule has 0 amide bonds. The fraction of sp³-hybridized carbons (Fsp3) is 0.611. The number of ether oxygens (including phenoxy) is 2. The second-order valence-corrected chi connectivity index (χ2v) is 8.18. The van der Waals surface area contributed by atoms with Crippen LogP contribution in [-0.4, -0.2) is 24.4 Å². The predicted molar refractivity (Wildman–Crippen MR) is 91.1 cm³/mol. The lowest BCUT2D eigenvalue weighted by Gasteiger charge is -2.32. The first-order chi connectivity index (χ1) is 11.1. The van der Waals surface area contributed by atoms with Gasteiger partial charge in [0, 0.05) is 28.4 Å². The molecule has 1 aromatic carbocycles. The molecule has 4 nitrogen and oxygen atoms in total. The van der Waals surface area contributed by atoms with Crippen LogP contribution in [0.25, 0.3) is 0 Å². The first-order valence-corrected chi connectivity index (χ1v) is 9.27. The molecule has 1 N–H and O–H groups in total. The molecule has 4 rings (SSSR count). The highest BCUT2D eigenvalue weighted by molar-refractivity contribution is 9.10. The van der Waals surface area contributed by atoms with E-state index >= 15 is 0 Å². The zero-order chi connectivity index (χ0) is 15.9. The molecule has 2 atom stereocenters. The van der Waals surface area contributed by atoms with Gasteiger partial charge in [-0.2, -0.15) is 0 Å². The molecule has 3 aliphatic rings. The van der Waals surface area contributed by atoms with Crippen LogP contribution in [0.5, 0.6) is 0 Å². The number of nitrogens with one attached hydrogen (secondary N) is 1. The van der Waals surface area contributed by atoms with Gasteiger partial charge in [-0.05, 0) is 31.0 Å². The maximum Gasteiger partial charge on any atom is 0.331 e. The fourth-order valence-electron chi connectivity index (χ4n) is 4.36. The van der Waals surface area contributed by atoms with Crippen molar-refractivity contribution in [3.63, 3.8) is 0 Å². The number of benzene rings is 1. The Morgan fingerprint density at radius 2 is 2.04 bits per heavy atom. The number of rotatable bonds is 2. The van der Waals surface area contributed by atoms with E-state index in [-0.39, 0.29) is 17.4 Å². The van der Waals surface area contributed by atoms with Crippen molar-refractivity contribution in [3.8, 4) is 0 Å². The van der Waals surface area contributed by atoms with Gasteiger partial charge in [0.25, 0.3) is 0 Å². The van der Waals surface area contributed by atoms with Gasteiger partial charge < -0.3 is 14.8 Å². The monoisotopic (exact) mass is 379 g/mol. The van der Waals surface area contributed by atoms with Gasteiger partial charge in [-0.1, -0.05) is 41.3 Å². The Kier molecular flexibility index (Phi) is 3.88. The molecular formula is C18H22BrNO3. The van der Waals surface area contributed by atoms with Crippen molar-refractivity contribution in [1.82, 2.24) is 0 Å². The van der Waals surface area contributed by atoms with Crippen LogP contribution in [0.1, 0.15) is 44.9 Å². The number of halogens is 1. The Morgan fingerprint density at radius 1 is 1.22 bits per heavy atom. The summed E-state index contributed by atoms with van der Waals surface area (Å²) < 4.78 is 12.8. The van der Waals surface area contributed by atoms with Crippen LogP contribution in [-0.2, 0) is 14.3 Å². The average Bonchev–Trinajstić information content (AvgIpc) is 3.00. The Labute approximate surface area is 145 Å². The van der Waals surface area contributed by atoms with Crippen LogP contribution in [0.2, 0.25) is 0 Å². The predicted octanol–water partition coefficient (Wildman–Crippen LogP) is 4.24. The molecule has 2 spiro atoms. The second kappa shape index (κ2) is 5.78. The Hall–Kier alpha value is -1.07. The summed E-state index contributed by atoms with van der Waals surface area (Å²) in [5.41, 5.74) is 1.16. The molecule has 0 aromatic heterocycles. The van der Waals surface area contributed by atoms with Gasteiger partial charge in [-0.3, -0.25) is 0 Å². The standard InChI is InChI=1S/C18H22BrNO3/c19-13-5-4-6-14(9-13)20-15-10-18(23-16(15)21)11-17(12-22-18)7-2-1-3-8-17/h4-6,9,15,20H,1-3,7-8,10-12H2/t15-,18-/m0/s1. The van der Waals surface area contributed by atoms with Gasteiger partial charge in [-0.25, -0.2) is 4.79 Å². The average molecular weight is 380 g/mol. The van der Waals surface area contributed by atoms with Gasteiger partial charge in [-0.15, -0.1) is 0 Å². The third-order valence-corrected chi connectivity index (χ3v) is 5.94. The molecule has 124 valence electrons. The van der Waals surface area contributed by atoms with Crippen LogP contribution in [0.4, 0.5) is 5.69 Å². The van der Waals surface area contributed by atoms with E-state index in [2.05, 4.69) is 21.2 Å². The van der Waals surface area contributed by atoms with E-state index < -0.39 is 5.79 Å². The smallest absolute Gasteiger partial charge is 0.331 e. The molecule has 2 aliphatic heterocycles. The lowest BCUT2D eigenvalue weighted by Crippen LogP contribution is -2.30. The van der Waals surface area contributed by atoms with E-state index in [1.54, 1.807) is 0 Å². The summed E-state index contributed by atoms with van der Waals surface area (Å²) in [4.78, 5) is 12.3. The van der Waals surface area contributed by atoms with Crippen LogP contribution < -0.4 is 5.32 Å². The molecular weight excluding hydrogens is 358 g/mol. The van der Waals surface area contributed by atoms with Crippen molar-refractivity contribution < 1.29 is 14.3 Å². The molecule has 0 bridgehead atoms. The zero-order valence-corrected chi connectivity index (χ0v) is 14.7. The highest BCUT2D eigenvalue weighted by Gasteiger charge is 2.57. The van der Waals surface area contributed by atoms with Crippen molar-refractivity contribution in [2.24, 2.45) is 5.41 Å². The summed E-state index contributed by atoms with van der Waals surface area (Å²) >= 11 is 3.45. The van der Waals surface area contributed by atoms with Gasteiger partial charge in [0.2, 0.25) is 5.79 Å². The molecule has 0 radical (unpaired) electrons. The SMILES string of the molecule is O=C1O[C@@]2(C[C@@H]1Nc1cccc(Br)c1)CC1(CCCCC1)CO2. The number of hydrogen-bond acceptors (Lipinski definition) is 4. The van der Waals surface area contributed by atoms with E-state index in [9.17, 15) is 4.79 Å². The van der Waals surface area contributed by atoms with Gasteiger partial charge in [0.05, 0.1) is 6.61 Å². The summed E-state index contributed by atoms with van der Waals surface area (Å²) in [6.45, 7) is 0.740.